The van der Waals surface area contributed by atoms with Crippen LogP contribution in [0.4, 0.5) is 10.1 Å². The van der Waals surface area contributed by atoms with Gasteiger partial charge in [-0.1, -0.05) is 28.1 Å². The molecule has 0 heterocycles. The van der Waals surface area contributed by atoms with Gasteiger partial charge in [0.1, 0.15) is 5.82 Å². The first-order valence-electron chi connectivity index (χ1n) is 5.41. The molecule has 2 rings (SSSR count). The molecular formula is C13H11BrFNO2S. The number of hydrogen-bond donors (Lipinski definition) is 1. The topological polar surface area (TPSA) is 60.2 Å². The van der Waals surface area contributed by atoms with Crippen molar-refractivity contribution in [2.75, 3.05) is 5.73 Å². The van der Waals surface area contributed by atoms with Crippen molar-refractivity contribution in [3.05, 3.63) is 58.3 Å². The van der Waals surface area contributed by atoms with Crippen LogP contribution in [0.5, 0.6) is 0 Å². The van der Waals surface area contributed by atoms with E-state index in [4.69, 9.17) is 5.73 Å². The van der Waals surface area contributed by atoms with Crippen LogP contribution in [0.15, 0.2) is 51.8 Å². The fourth-order valence-corrected chi connectivity index (χ4v) is 3.44. The van der Waals surface area contributed by atoms with E-state index < -0.39 is 15.7 Å². The number of rotatable bonds is 3. The number of halogens is 2. The lowest BCUT2D eigenvalue weighted by molar-refractivity contribution is 0.590. The minimum absolute atomic E-state index is 0.0465. The summed E-state index contributed by atoms with van der Waals surface area (Å²) in [6, 6.07) is 9.93. The standard InChI is InChI=1S/C13H11BrFNO2S/c14-10-5-4-9(13(16)6-10)8-19(17,18)12-3-1-2-11(15)7-12/h1-7H,8,16H2. The van der Waals surface area contributed by atoms with Crippen LogP contribution in [-0.4, -0.2) is 8.42 Å². The fraction of sp³-hybridized carbons (Fsp3) is 0.0769. The highest BCUT2D eigenvalue weighted by atomic mass is 79.9. The Morgan fingerprint density at radius 2 is 1.89 bits per heavy atom. The van der Waals surface area contributed by atoms with Crippen molar-refractivity contribution in [3.63, 3.8) is 0 Å². The number of benzene rings is 2. The van der Waals surface area contributed by atoms with Gasteiger partial charge in [0, 0.05) is 10.2 Å². The number of anilines is 1. The third-order valence-electron chi connectivity index (χ3n) is 2.61. The molecule has 0 aliphatic rings. The fourth-order valence-electron chi connectivity index (χ4n) is 1.65. The molecule has 6 heteroatoms. The van der Waals surface area contributed by atoms with Gasteiger partial charge >= 0.3 is 0 Å². The minimum atomic E-state index is -3.61. The minimum Gasteiger partial charge on any atom is -0.398 e. The summed E-state index contributed by atoms with van der Waals surface area (Å²) in [5.74, 6) is -0.833. The van der Waals surface area contributed by atoms with Crippen LogP contribution >= 0.6 is 15.9 Å². The molecule has 19 heavy (non-hydrogen) atoms. The molecule has 0 atom stereocenters. The third-order valence-corrected chi connectivity index (χ3v) is 4.77. The Bertz CT molecular complexity index is 716. The van der Waals surface area contributed by atoms with Gasteiger partial charge in [-0.3, -0.25) is 0 Å². The summed E-state index contributed by atoms with van der Waals surface area (Å²) < 4.78 is 38.2. The molecule has 0 saturated heterocycles. The largest absolute Gasteiger partial charge is 0.398 e. The van der Waals surface area contributed by atoms with Crippen molar-refractivity contribution in [3.8, 4) is 0 Å². The third kappa shape index (κ3) is 3.33. The summed E-state index contributed by atoms with van der Waals surface area (Å²) in [7, 11) is -3.61. The molecule has 0 aromatic heterocycles. The van der Waals surface area contributed by atoms with E-state index in [0.29, 0.717) is 11.3 Å². The lowest BCUT2D eigenvalue weighted by Crippen LogP contribution is -2.07. The summed E-state index contributed by atoms with van der Waals surface area (Å²) in [6.45, 7) is 0. The second-order valence-corrected chi connectivity index (χ2v) is 6.96. The summed E-state index contributed by atoms with van der Waals surface area (Å²) in [5, 5.41) is 0. The van der Waals surface area contributed by atoms with Crippen molar-refractivity contribution in [1.29, 1.82) is 0 Å². The second kappa shape index (κ2) is 5.30. The summed E-state index contributed by atoms with van der Waals surface area (Å²) >= 11 is 3.25. The highest BCUT2D eigenvalue weighted by molar-refractivity contribution is 9.10. The molecule has 0 bridgehead atoms. The van der Waals surface area contributed by atoms with E-state index in [1.807, 2.05) is 0 Å². The normalized spacial score (nSPS) is 11.5. The van der Waals surface area contributed by atoms with Gasteiger partial charge in [0.05, 0.1) is 10.6 Å². The van der Waals surface area contributed by atoms with Crippen LogP contribution in [0, 0.1) is 5.82 Å². The molecule has 3 nitrogen and oxygen atoms in total. The maximum atomic E-state index is 13.1. The monoisotopic (exact) mass is 343 g/mol. The predicted octanol–water partition coefficient (Wildman–Crippen LogP) is 3.14. The smallest absolute Gasteiger partial charge is 0.182 e. The Balaban J connectivity index is 2.36. The molecule has 0 unspecified atom stereocenters. The lowest BCUT2D eigenvalue weighted by atomic mass is 10.2. The highest BCUT2D eigenvalue weighted by Gasteiger charge is 2.17. The Morgan fingerprint density at radius 3 is 2.53 bits per heavy atom. The molecule has 100 valence electrons. The van der Waals surface area contributed by atoms with E-state index in [-0.39, 0.29) is 10.6 Å². The van der Waals surface area contributed by atoms with Crippen LogP contribution in [-0.2, 0) is 15.6 Å². The van der Waals surface area contributed by atoms with Crippen LogP contribution < -0.4 is 5.73 Å². The van der Waals surface area contributed by atoms with E-state index in [9.17, 15) is 12.8 Å². The van der Waals surface area contributed by atoms with Gasteiger partial charge in [0.15, 0.2) is 9.84 Å². The first-order chi connectivity index (χ1) is 8.88. The first kappa shape index (κ1) is 14.0. The van der Waals surface area contributed by atoms with Gasteiger partial charge in [-0.25, -0.2) is 12.8 Å². The SMILES string of the molecule is Nc1cc(Br)ccc1CS(=O)(=O)c1cccc(F)c1. The molecule has 0 aliphatic heterocycles. The Labute approximate surface area is 119 Å². The molecule has 0 aliphatic carbocycles. The average molecular weight is 344 g/mol. The first-order valence-corrected chi connectivity index (χ1v) is 7.85. The Hall–Kier alpha value is -1.40. The van der Waals surface area contributed by atoms with Crippen LogP contribution in [0.1, 0.15) is 5.56 Å². The number of nitrogens with two attached hydrogens (primary N) is 1. The predicted molar refractivity (Wildman–Crippen MR) is 75.8 cm³/mol. The van der Waals surface area contributed by atoms with Gasteiger partial charge in [-0.2, -0.15) is 0 Å². The summed E-state index contributed by atoms with van der Waals surface area (Å²) in [4.78, 5) is -0.0465. The molecule has 2 N–H and O–H groups in total. The zero-order chi connectivity index (χ0) is 14.0. The number of hydrogen-bond acceptors (Lipinski definition) is 3. The van der Waals surface area contributed by atoms with Gasteiger partial charge in [-0.05, 0) is 35.9 Å². The van der Waals surface area contributed by atoms with Gasteiger partial charge < -0.3 is 5.73 Å². The molecule has 0 fully saturated rings. The molecule has 0 amide bonds. The Morgan fingerprint density at radius 1 is 1.16 bits per heavy atom. The molecule has 2 aromatic carbocycles. The summed E-state index contributed by atoms with van der Waals surface area (Å²) in [5.41, 5.74) is 6.64. The maximum Gasteiger partial charge on any atom is 0.182 e. The van der Waals surface area contributed by atoms with E-state index in [2.05, 4.69) is 15.9 Å². The number of sulfone groups is 1. The van der Waals surface area contributed by atoms with Gasteiger partial charge in [0.25, 0.3) is 0 Å². The zero-order valence-electron chi connectivity index (χ0n) is 9.81. The lowest BCUT2D eigenvalue weighted by Gasteiger charge is -2.08. The second-order valence-electron chi connectivity index (χ2n) is 4.06. The van der Waals surface area contributed by atoms with Crippen molar-refractivity contribution < 1.29 is 12.8 Å². The van der Waals surface area contributed by atoms with E-state index in [1.165, 1.54) is 18.2 Å². The number of nitrogen functional groups attached to an aromatic ring is 1. The van der Waals surface area contributed by atoms with Crippen LogP contribution in [0.3, 0.4) is 0 Å². The van der Waals surface area contributed by atoms with Crippen molar-refractivity contribution >= 4 is 31.5 Å². The zero-order valence-corrected chi connectivity index (χ0v) is 12.2. The van der Waals surface area contributed by atoms with Crippen molar-refractivity contribution in [2.45, 2.75) is 10.6 Å². The molecule has 0 radical (unpaired) electrons. The summed E-state index contributed by atoms with van der Waals surface area (Å²) in [6.07, 6.45) is 0. The van der Waals surface area contributed by atoms with Crippen molar-refractivity contribution in [2.24, 2.45) is 0 Å². The van der Waals surface area contributed by atoms with E-state index in [0.717, 1.165) is 10.5 Å². The molecule has 2 aromatic rings. The van der Waals surface area contributed by atoms with E-state index in [1.54, 1.807) is 18.2 Å². The van der Waals surface area contributed by atoms with E-state index >= 15 is 0 Å². The highest BCUT2D eigenvalue weighted by Crippen LogP contribution is 2.23. The molecule has 0 spiro atoms. The Kier molecular flexibility index (Phi) is 3.91. The van der Waals surface area contributed by atoms with Gasteiger partial charge in [-0.15, -0.1) is 0 Å². The molecule has 0 saturated carbocycles. The van der Waals surface area contributed by atoms with Gasteiger partial charge in [0.2, 0.25) is 0 Å². The average Bonchev–Trinajstić information content (AvgIpc) is 2.33. The van der Waals surface area contributed by atoms with Crippen LogP contribution in [0.25, 0.3) is 0 Å². The molecular weight excluding hydrogens is 333 g/mol. The van der Waals surface area contributed by atoms with Crippen LogP contribution in [0.2, 0.25) is 0 Å². The quantitative estimate of drug-likeness (QED) is 0.871. The van der Waals surface area contributed by atoms with Crippen molar-refractivity contribution in [1.82, 2.24) is 0 Å². The maximum absolute atomic E-state index is 13.1.